The summed E-state index contributed by atoms with van der Waals surface area (Å²) in [6.07, 6.45) is -5.92. The van der Waals surface area contributed by atoms with E-state index in [0.717, 1.165) is 38.3 Å². The predicted octanol–water partition coefficient (Wildman–Crippen LogP) is 3.26. The Bertz CT molecular complexity index is 1150. The molecule has 2 atom stereocenters. The van der Waals surface area contributed by atoms with Gasteiger partial charge in [-0.15, -0.1) is 0 Å². The first kappa shape index (κ1) is 33.5. The fourth-order valence-corrected chi connectivity index (χ4v) is 4.52. The molecule has 2 saturated heterocycles. The quantitative estimate of drug-likeness (QED) is 0.492. The van der Waals surface area contributed by atoms with Gasteiger partial charge in [0, 0.05) is 43.7 Å². The number of amides is 1. The summed E-state index contributed by atoms with van der Waals surface area (Å²) in [5, 5.41) is 18.1. The van der Waals surface area contributed by atoms with Gasteiger partial charge in [0.15, 0.2) is 0 Å². The normalized spacial score (nSPS) is 20.7. The van der Waals surface area contributed by atoms with Gasteiger partial charge in [-0.1, -0.05) is 11.2 Å². The molecule has 0 saturated carbocycles. The van der Waals surface area contributed by atoms with Crippen LogP contribution in [0.15, 0.2) is 35.2 Å². The van der Waals surface area contributed by atoms with Crippen LogP contribution < -0.4 is 0 Å². The van der Waals surface area contributed by atoms with Gasteiger partial charge in [-0.3, -0.25) is 9.78 Å². The number of carbonyl (C=O) groups is 3. The average Bonchev–Trinajstić information content (AvgIpc) is 3.58. The Balaban J connectivity index is 0.000000349. The predicted molar refractivity (Wildman–Crippen MR) is 126 cm³/mol. The van der Waals surface area contributed by atoms with Gasteiger partial charge >= 0.3 is 24.3 Å². The van der Waals surface area contributed by atoms with Crippen LogP contribution in [0.2, 0.25) is 0 Å². The number of hydrogen-bond donors (Lipinski definition) is 2. The van der Waals surface area contributed by atoms with Gasteiger partial charge in [0.05, 0.1) is 24.6 Å². The van der Waals surface area contributed by atoms with E-state index in [1.54, 1.807) is 13.1 Å². The number of aromatic nitrogens is 2. The van der Waals surface area contributed by atoms with E-state index >= 15 is 0 Å². The van der Waals surface area contributed by atoms with Crippen LogP contribution in [0.5, 0.6) is 0 Å². The Hall–Kier alpha value is -3.73. The third-order valence-electron chi connectivity index (χ3n) is 6.42. The van der Waals surface area contributed by atoms with E-state index in [1.807, 2.05) is 23.1 Å². The van der Waals surface area contributed by atoms with Crippen molar-refractivity contribution in [3.8, 4) is 0 Å². The summed E-state index contributed by atoms with van der Waals surface area (Å²) in [5.41, 5.74) is 2.27. The number of rotatable bonds is 5. The molecule has 2 N–H and O–H groups in total. The summed E-state index contributed by atoms with van der Waals surface area (Å²) >= 11 is 0. The minimum atomic E-state index is -5.08. The van der Waals surface area contributed by atoms with Gasteiger partial charge < -0.3 is 29.3 Å². The monoisotopic (exact) mass is 598 g/mol. The number of pyridine rings is 1. The molecule has 1 amide bonds. The molecule has 0 radical (unpaired) electrons. The first-order valence-corrected chi connectivity index (χ1v) is 11.9. The van der Waals surface area contributed by atoms with E-state index < -0.39 is 24.3 Å². The highest BCUT2D eigenvalue weighted by Gasteiger charge is 2.50. The topological polar surface area (TPSA) is 146 Å². The van der Waals surface area contributed by atoms with E-state index in [1.165, 1.54) is 6.26 Å². The van der Waals surface area contributed by atoms with Gasteiger partial charge in [0.25, 0.3) is 5.91 Å². The second-order valence-electron chi connectivity index (χ2n) is 9.49. The van der Waals surface area contributed by atoms with E-state index in [0.29, 0.717) is 30.4 Å². The molecule has 1 spiro atoms. The van der Waals surface area contributed by atoms with Crippen LogP contribution in [0.3, 0.4) is 0 Å². The molecule has 41 heavy (non-hydrogen) atoms. The van der Waals surface area contributed by atoms with E-state index in [4.69, 9.17) is 29.1 Å². The zero-order valence-corrected chi connectivity index (χ0v) is 21.9. The number of carboxylic acids is 2. The van der Waals surface area contributed by atoms with Gasteiger partial charge in [0.2, 0.25) is 0 Å². The standard InChI is InChI=1S/C20H26N4O3.2C2HF3O2/c1-15-18(12-27-22-15)19(25)24-8-6-20(14-24)13-23(2)9-16(20)10-26-11-17-5-3-4-7-21-17;2*3-2(4,5)1(6)7/h3-5,7,12,16H,6,8-11,13-14H2,1-2H3;2*(H,6,7)/t16-,20+;;/m0../s1. The molecule has 2 aliphatic heterocycles. The number of hydrogen-bond acceptors (Lipinski definition) is 8. The molecule has 11 nitrogen and oxygen atoms in total. The molecule has 2 aromatic rings. The van der Waals surface area contributed by atoms with Crippen LogP contribution in [0, 0.1) is 18.3 Å². The Labute approximate surface area is 229 Å². The third-order valence-corrected chi connectivity index (χ3v) is 6.42. The second kappa shape index (κ2) is 13.8. The molecule has 2 aromatic heterocycles. The largest absolute Gasteiger partial charge is 0.490 e. The van der Waals surface area contributed by atoms with Gasteiger partial charge in [-0.05, 0) is 32.5 Å². The van der Waals surface area contributed by atoms with Crippen LogP contribution in [0.1, 0.15) is 28.2 Å². The molecule has 0 aromatic carbocycles. The Kier molecular flexibility index (Phi) is 11.2. The summed E-state index contributed by atoms with van der Waals surface area (Å²) in [4.78, 5) is 39.2. The van der Waals surface area contributed by atoms with Crippen molar-refractivity contribution >= 4 is 17.8 Å². The minimum absolute atomic E-state index is 0.0216. The zero-order valence-electron chi connectivity index (χ0n) is 21.9. The third kappa shape index (κ3) is 9.70. The molecular weight excluding hydrogens is 570 g/mol. The first-order valence-electron chi connectivity index (χ1n) is 11.9. The first-order chi connectivity index (χ1) is 19.0. The number of alkyl halides is 6. The van der Waals surface area contributed by atoms with Crippen molar-refractivity contribution in [1.82, 2.24) is 19.9 Å². The summed E-state index contributed by atoms with van der Waals surface area (Å²) in [7, 11) is 2.15. The number of carboxylic acid groups (broad SMARTS) is 2. The van der Waals surface area contributed by atoms with E-state index in [2.05, 4.69) is 22.1 Å². The highest BCUT2D eigenvalue weighted by atomic mass is 19.4. The second-order valence-corrected chi connectivity index (χ2v) is 9.49. The van der Waals surface area contributed by atoms with Crippen LogP contribution in [-0.4, -0.2) is 100 Å². The number of aliphatic carboxylic acids is 2. The molecule has 228 valence electrons. The highest BCUT2D eigenvalue weighted by molar-refractivity contribution is 5.95. The fourth-order valence-electron chi connectivity index (χ4n) is 4.52. The van der Waals surface area contributed by atoms with Gasteiger partial charge in [0.1, 0.15) is 11.8 Å². The molecule has 17 heteroatoms. The molecule has 0 aliphatic carbocycles. The van der Waals surface area contributed by atoms with Crippen molar-refractivity contribution in [2.75, 3.05) is 39.8 Å². The number of carbonyl (C=O) groups excluding carboxylic acids is 1. The molecule has 0 unspecified atom stereocenters. The maximum atomic E-state index is 12.8. The number of likely N-dealkylation sites (tertiary alicyclic amines) is 2. The Morgan fingerprint density at radius 1 is 1.10 bits per heavy atom. The van der Waals surface area contributed by atoms with Crippen molar-refractivity contribution in [3.05, 3.63) is 47.6 Å². The minimum Gasteiger partial charge on any atom is -0.475 e. The molecule has 4 rings (SSSR count). The SMILES string of the molecule is Cc1nocc1C(=O)N1CC[C@@]2(CN(C)C[C@H]2COCc2ccccn2)C1.O=C(O)C(F)(F)F.O=C(O)C(F)(F)F. The summed E-state index contributed by atoms with van der Waals surface area (Å²) < 4.78 is 74.4. The van der Waals surface area contributed by atoms with E-state index in [9.17, 15) is 31.1 Å². The van der Waals surface area contributed by atoms with Crippen molar-refractivity contribution < 1.29 is 60.2 Å². The summed E-state index contributed by atoms with van der Waals surface area (Å²) in [6.45, 7) is 6.55. The molecule has 2 aliphatic rings. The van der Waals surface area contributed by atoms with Crippen molar-refractivity contribution in [2.45, 2.75) is 32.3 Å². The highest BCUT2D eigenvalue weighted by Crippen LogP contribution is 2.44. The van der Waals surface area contributed by atoms with Crippen LogP contribution in [0.25, 0.3) is 0 Å². The van der Waals surface area contributed by atoms with E-state index in [-0.39, 0.29) is 11.3 Å². The van der Waals surface area contributed by atoms with Crippen molar-refractivity contribution in [3.63, 3.8) is 0 Å². The van der Waals surface area contributed by atoms with Crippen molar-refractivity contribution in [2.24, 2.45) is 11.3 Å². The molecule has 4 heterocycles. The number of nitrogens with zero attached hydrogens (tertiary/aromatic N) is 4. The Morgan fingerprint density at radius 3 is 2.20 bits per heavy atom. The molecule has 2 fully saturated rings. The lowest BCUT2D eigenvalue weighted by atomic mass is 9.77. The number of aryl methyl sites for hydroxylation is 1. The number of ether oxygens (including phenoxy) is 1. The zero-order chi connectivity index (χ0) is 31.0. The lowest BCUT2D eigenvalue weighted by Gasteiger charge is -2.30. The molecule has 0 bridgehead atoms. The maximum Gasteiger partial charge on any atom is 0.490 e. The van der Waals surface area contributed by atoms with Crippen molar-refractivity contribution in [1.29, 1.82) is 0 Å². The van der Waals surface area contributed by atoms with Gasteiger partial charge in [-0.2, -0.15) is 26.3 Å². The Morgan fingerprint density at radius 2 is 1.71 bits per heavy atom. The summed E-state index contributed by atoms with van der Waals surface area (Å²) in [5.74, 6) is -5.08. The molecular formula is C24H28F6N4O7. The van der Waals surface area contributed by atoms with Gasteiger partial charge in [-0.25, -0.2) is 9.59 Å². The number of halogens is 6. The lowest BCUT2D eigenvalue weighted by molar-refractivity contribution is -0.193. The smallest absolute Gasteiger partial charge is 0.475 e. The lowest BCUT2D eigenvalue weighted by Crippen LogP contribution is -2.38. The van der Waals surface area contributed by atoms with Crippen LogP contribution >= 0.6 is 0 Å². The van der Waals surface area contributed by atoms with Crippen LogP contribution in [0.4, 0.5) is 26.3 Å². The summed E-state index contributed by atoms with van der Waals surface area (Å²) in [6, 6.07) is 5.86. The van der Waals surface area contributed by atoms with Crippen LogP contribution in [-0.2, 0) is 20.9 Å². The maximum absolute atomic E-state index is 12.8. The average molecular weight is 598 g/mol. The fraction of sp³-hybridized carbons (Fsp3) is 0.542.